The van der Waals surface area contributed by atoms with Crippen molar-refractivity contribution in [2.75, 3.05) is 32.2 Å². The molecule has 3 heterocycles. The zero-order valence-corrected chi connectivity index (χ0v) is 14.5. The second-order valence-electron chi connectivity index (χ2n) is 6.86. The molecule has 1 fully saturated rings. The quantitative estimate of drug-likeness (QED) is 0.869. The summed E-state index contributed by atoms with van der Waals surface area (Å²) in [5, 5.41) is 6.58. The molecule has 26 heavy (non-hydrogen) atoms. The highest BCUT2D eigenvalue weighted by atomic mass is 16.6. The lowest BCUT2D eigenvalue weighted by Gasteiger charge is -2.31. The Hall–Kier alpha value is -2.73. The highest BCUT2D eigenvalue weighted by Gasteiger charge is 2.55. The van der Waals surface area contributed by atoms with Gasteiger partial charge in [-0.1, -0.05) is 18.2 Å². The van der Waals surface area contributed by atoms with Crippen molar-refractivity contribution in [1.82, 2.24) is 5.32 Å². The molecule has 0 saturated carbocycles. The fourth-order valence-corrected chi connectivity index (χ4v) is 4.47. The number of carbonyl (C=O) groups is 1. The Bertz CT molecular complexity index is 880. The molecule has 5 rings (SSSR count). The number of carbonyl (C=O) groups excluding carboxylic acids is 1. The van der Waals surface area contributed by atoms with Gasteiger partial charge in [-0.15, -0.1) is 0 Å². The van der Waals surface area contributed by atoms with E-state index >= 15 is 0 Å². The summed E-state index contributed by atoms with van der Waals surface area (Å²) in [5.41, 5.74) is 2.30. The third-order valence-corrected chi connectivity index (χ3v) is 5.61. The fraction of sp³-hybridized carbons (Fsp3) is 0.350. The Morgan fingerprint density at radius 3 is 2.92 bits per heavy atom. The van der Waals surface area contributed by atoms with E-state index in [0.29, 0.717) is 30.5 Å². The van der Waals surface area contributed by atoms with Crippen molar-refractivity contribution in [3.63, 3.8) is 0 Å². The first-order chi connectivity index (χ1) is 12.7. The second kappa shape index (κ2) is 5.64. The van der Waals surface area contributed by atoms with Crippen LogP contribution in [0.3, 0.4) is 0 Å². The number of rotatable bonds is 2. The number of hydrogen-bond acceptors (Lipinski definition) is 5. The van der Waals surface area contributed by atoms with Crippen LogP contribution < -0.4 is 24.8 Å². The van der Waals surface area contributed by atoms with Crippen LogP contribution >= 0.6 is 0 Å². The maximum absolute atomic E-state index is 13.0. The molecule has 1 amide bonds. The van der Waals surface area contributed by atoms with Crippen LogP contribution in [0.4, 0.5) is 5.69 Å². The number of anilines is 1. The molecule has 0 bridgehead atoms. The molecule has 6 nitrogen and oxygen atoms in total. The smallest absolute Gasteiger partial charge is 0.237 e. The number of benzene rings is 2. The first kappa shape index (κ1) is 15.5. The third-order valence-electron chi connectivity index (χ3n) is 5.61. The van der Waals surface area contributed by atoms with Crippen molar-refractivity contribution in [3.8, 4) is 17.2 Å². The normalized spacial score (nSPS) is 25.9. The first-order valence-corrected chi connectivity index (χ1v) is 8.86. The molecule has 0 radical (unpaired) electrons. The summed E-state index contributed by atoms with van der Waals surface area (Å²) in [5.74, 6) is 1.97. The van der Waals surface area contributed by atoms with Crippen LogP contribution in [0, 0.1) is 0 Å². The number of amides is 1. The number of methoxy groups -OCH3 is 1. The fourth-order valence-electron chi connectivity index (χ4n) is 4.47. The van der Waals surface area contributed by atoms with Crippen LogP contribution in [-0.2, 0) is 10.2 Å². The van der Waals surface area contributed by atoms with Crippen LogP contribution in [-0.4, -0.2) is 32.8 Å². The van der Waals surface area contributed by atoms with Crippen molar-refractivity contribution in [2.24, 2.45) is 0 Å². The summed E-state index contributed by atoms with van der Waals surface area (Å²) < 4.78 is 17.0. The summed E-state index contributed by atoms with van der Waals surface area (Å²) in [6, 6.07) is 11.7. The maximum Gasteiger partial charge on any atom is 0.237 e. The molecule has 2 unspecified atom stereocenters. The SMILES string of the molecule is COc1cc(C2NCCC23C(=O)Nc2ccccc23)cc2c1OCCO2. The monoisotopic (exact) mass is 352 g/mol. The summed E-state index contributed by atoms with van der Waals surface area (Å²) in [6.45, 7) is 1.78. The standard InChI is InChI=1S/C20H20N2O4/c1-24-15-10-12(11-16-17(15)26-9-8-25-16)18-20(6-7-21-18)13-4-2-3-5-14(13)22-19(20)23/h2-5,10-11,18,21H,6-9H2,1H3,(H,22,23). The Morgan fingerprint density at radius 2 is 2.04 bits per heavy atom. The highest BCUT2D eigenvalue weighted by molar-refractivity contribution is 6.07. The zero-order valence-electron chi connectivity index (χ0n) is 14.5. The predicted octanol–water partition coefficient (Wildman–Crippen LogP) is 2.39. The molecule has 6 heteroatoms. The minimum Gasteiger partial charge on any atom is -0.493 e. The van der Waals surface area contributed by atoms with Gasteiger partial charge in [-0.2, -0.15) is 0 Å². The van der Waals surface area contributed by atoms with Crippen LogP contribution in [0.2, 0.25) is 0 Å². The van der Waals surface area contributed by atoms with Gasteiger partial charge in [0.2, 0.25) is 11.7 Å². The Balaban J connectivity index is 1.66. The van der Waals surface area contributed by atoms with Crippen LogP contribution in [0.1, 0.15) is 23.6 Å². The lowest BCUT2D eigenvalue weighted by Crippen LogP contribution is -2.39. The van der Waals surface area contributed by atoms with Gasteiger partial charge in [0.05, 0.1) is 18.6 Å². The molecule has 2 atom stereocenters. The third kappa shape index (κ3) is 1.99. The van der Waals surface area contributed by atoms with Gasteiger partial charge in [0.1, 0.15) is 13.2 Å². The topological polar surface area (TPSA) is 68.8 Å². The second-order valence-corrected chi connectivity index (χ2v) is 6.86. The van der Waals surface area contributed by atoms with Gasteiger partial charge in [-0.25, -0.2) is 0 Å². The minimum atomic E-state index is -0.620. The molecule has 0 aliphatic carbocycles. The van der Waals surface area contributed by atoms with Crippen molar-refractivity contribution in [2.45, 2.75) is 17.9 Å². The van der Waals surface area contributed by atoms with E-state index in [9.17, 15) is 4.79 Å². The van der Waals surface area contributed by atoms with Gasteiger partial charge >= 0.3 is 0 Å². The largest absolute Gasteiger partial charge is 0.493 e. The first-order valence-electron chi connectivity index (χ1n) is 8.86. The van der Waals surface area contributed by atoms with Crippen molar-refractivity contribution in [3.05, 3.63) is 47.5 Å². The minimum absolute atomic E-state index is 0.0440. The van der Waals surface area contributed by atoms with Crippen LogP contribution in [0.25, 0.3) is 0 Å². The Morgan fingerprint density at radius 1 is 1.19 bits per heavy atom. The molecule has 2 aromatic rings. The Labute approximate surface area is 151 Å². The molecule has 1 saturated heterocycles. The van der Waals surface area contributed by atoms with Crippen molar-refractivity contribution < 1.29 is 19.0 Å². The van der Waals surface area contributed by atoms with Gasteiger partial charge in [0.25, 0.3) is 0 Å². The summed E-state index contributed by atoms with van der Waals surface area (Å²) >= 11 is 0. The maximum atomic E-state index is 13.0. The predicted molar refractivity (Wildman–Crippen MR) is 96.1 cm³/mol. The lowest BCUT2D eigenvalue weighted by atomic mass is 9.73. The number of nitrogens with one attached hydrogen (secondary N) is 2. The molecule has 0 aromatic heterocycles. The number of para-hydroxylation sites is 1. The molecular formula is C20H20N2O4. The van der Waals surface area contributed by atoms with E-state index in [2.05, 4.69) is 10.6 Å². The van der Waals surface area contributed by atoms with Crippen LogP contribution in [0.15, 0.2) is 36.4 Å². The summed E-state index contributed by atoms with van der Waals surface area (Å²) in [7, 11) is 1.62. The molecular weight excluding hydrogens is 332 g/mol. The molecule has 3 aliphatic heterocycles. The van der Waals surface area contributed by atoms with Gasteiger partial charge in [0, 0.05) is 5.69 Å². The number of fused-ring (bicyclic) bond motifs is 3. The van der Waals surface area contributed by atoms with Gasteiger partial charge < -0.3 is 24.8 Å². The van der Waals surface area contributed by atoms with Crippen molar-refractivity contribution >= 4 is 11.6 Å². The molecule has 2 N–H and O–H groups in total. The van der Waals surface area contributed by atoms with Crippen LogP contribution in [0.5, 0.6) is 17.2 Å². The van der Waals surface area contributed by atoms with Crippen molar-refractivity contribution in [1.29, 1.82) is 0 Å². The molecule has 2 aromatic carbocycles. The van der Waals surface area contributed by atoms with E-state index < -0.39 is 5.41 Å². The van der Waals surface area contributed by atoms with E-state index in [1.54, 1.807) is 7.11 Å². The van der Waals surface area contributed by atoms with E-state index in [4.69, 9.17) is 14.2 Å². The van der Waals surface area contributed by atoms with E-state index in [-0.39, 0.29) is 11.9 Å². The van der Waals surface area contributed by atoms with Gasteiger partial charge in [-0.3, -0.25) is 4.79 Å². The van der Waals surface area contributed by atoms with E-state index in [1.807, 2.05) is 36.4 Å². The zero-order chi connectivity index (χ0) is 17.7. The lowest BCUT2D eigenvalue weighted by molar-refractivity contribution is -0.121. The Kier molecular flexibility index (Phi) is 3.37. The number of ether oxygens (including phenoxy) is 3. The van der Waals surface area contributed by atoms with E-state index in [1.165, 1.54) is 0 Å². The molecule has 134 valence electrons. The molecule has 1 spiro atoms. The number of hydrogen-bond donors (Lipinski definition) is 2. The summed E-state index contributed by atoms with van der Waals surface area (Å²) in [6.07, 6.45) is 0.747. The molecule has 3 aliphatic rings. The highest BCUT2D eigenvalue weighted by Crippen LogP contribution is 2.53. The average molecular weight is 352 g/mol. The summed E-state index contributed by atoms with van der Waals surface area (Å²) in [4.78, 5) is 13.0. The van der Waals surface area contributed by atoms with E-state index in [0.717, 1.165) is 29.8 Å². The van der Waals surface area contributed by atoms with Gasteiger partial charge in [-0.05, 0) is 42.3 Å². The van der Waals surface area contributed by atoms with Gasteiger partial charge in [0.15, 0.2) is 11.5 Å². The average Bonchev–Trinajstić information content (AvgIpc) is 3.24.